The number of hydrogen-bond donors (Lipinski definition) is 4. The first-order valence-electron chi connectivity index (χ1n) is 21.4. The average molecular weight is 951 g/mol. The number of hydrogen-bond acceptors (Lipinski definition) is 18. The first-order chi connectivity index (χ1) is 33.1. The third-order valence-corrected chi connectivity index (χ3v) is 11.8. The van der Waals surface area contributed by atoms with Gasteiger partial charge in [-0.3, -0.25) is 0 Å². The Bertz CT molecular complexity index is 2210. The summed E-state index contributed by atoms with van der Waals surface area (Å²) in [6.07, 6.45) is -19.6. The standard InChI is InChI=1S/C39H50N16O13/c1-61-32-24(47-52-42)14-25(48-53-43)33(35(32)68-38-31(59)34(27(18-56)65-38)67-37-28(49-54-44)30(58)29(57)26(64-37)15-45-50-40)66-36-23(46-51-41)13-12-22(63-36)17-55(16-20-8-4-2-5-9-20)39(60)62-19-21-10-6-3-7-11-21/h2-11,22-38,56-59H,12-19H2,1H3/t22-,23+,24+,25-,26-,27+,28+,29+,30+,31+,32-,33+,34+,35+,36+,37+,38-/m0/s1. The molecule has 1 aliphatic carbocycles. The maximum Gasteiger partial charge on any atom is 0.410 e. The van der Waals surface area contributed by atoms with Crippen molar-refractivity contribution >= 4 is 6.09 Å². The topological polar surface area (TPSA) is 419 Å². The molecule has 3 saturated heterocycles. The van der Waals surface area contributed by atoms with Crippen LogP contribution in [0, 0.1) is 0 Å². The number of benzene rings is 2. The van der Waals surface area contributed by atoms with E-state index in [9.17, 15) is 47.3 Å². The highest BCUT2D eigenvalue weighted by Crippen LogP contribution is 2.38. The molecule has 0 bridgehead atoms. The van der Waals surface area contributed by atoms with Gasteiger partial charge in [-0.05, 0) is 58.0 Å². The van der Waals surface area contributed by atoms with Gasteiger partial charge < -0.3 is 63.2 Å². The minimum absolute atomic E-state index is 0.00501. The van der Waals surface area contributed by atoms with Gasteiger partial charge in [-0.25, -0.2) is 4.79 Å². The number of nitrogens with zero attached hydrogens (tertiary/aromatic N) is 16. The summed E-state index contributed by atoms with van der Waals surface area (Å²) in [5, 5.41) is 62.1. The zero-order valence-corrected chi connectivity index (χ0v) is 36.4. The van der Waals surface area contributed by atoms with Crippen LogP contribution < -0.4 is 0 Å². The third kappa shape index (κ3) is 12.7. The number of carbonyl (C=O) groups is 1. The van der Waals surface area contributed by atoms with E-state index in [4.69, 9.17) is 43.4 Å². The van der Waals surface area contributed by atoms with Gasteiger partial charge in [0, 0.05) is 38.2 Å². The van der Waals surface area contributed by atoms with Gasteiger partial charge in [0.15, 0.2) is 18.9 Å². The van der Waals surface area contributed by atoms with Crippen molar-refractivity contribution in [2.24, 2.45) is 25.6 Å². The van der Waals surface area contributed by atoms with E-state index in [1.165, 1.54) is 12.0 Å². The van der Waals surface area contributed by atoms with Crippen molar-refractivity contribution in [3.05, 3.63) is 124 Å². The number of azide groups is 5. The number of aliphatic hydroxyl groups is 4. The molecule has 0 spiro atoms. The molecule has 2 aromatic rings. The molecule has 2 aromatic carbocycles. The highest BCUT2D eigenvalue weighted by molar-refractivity contribution is 5.67. The summed E-state index contributed by atoms with van der Waals surface area (Å²) < 4.78 is 48.6. The van der Waals surface area contributed by atoms with Crippen LogP contribution >= 0.6 is 0 Å². The van der Waals surface area contributed by atoms with E-state index in [2.05, 4.69) is 50.1 Å². The summed E-state index contributed by atoms with van der Waals surface area (Å²) in [5.74, 6) is 0. The summed E-state index contributed by atoms with van der Waals surface area (Å²) in [7, 11) is 1.27. The largest absolute Gasteiger partial charge is 0.445 e. The Morgan fingerprint density at radius 2 is 1.28 bits per heavy atom. The monoisotopic (exact) mass is 950 g/mol. The fourth-order valence-electron chi connectivity index (χ4n) is 8.53. The Morgan fingerprint density at radius 1 is 0.676 bits per heavy atom. The quantitative estimate of drug-likeness (QED) is 0.0810. The van der Waals surface area contributed by atoms with Crippen LogP contribution in [0.4, 0.5) is 4.79 Å². The van der Waals surface area contributed by atoms with E-state index >= 15 is 0 Å². The number of carbonyl (C=O) groups excluding carboxylic acids is 1. The summed E-state index contributed by atoms with van der Waals surface area (Å²) in [6.45, 7) is -1.13. The molecular weight excluding hydrogens is 901 g/mol. The minimum Gasteiger partial charge on any atom is -0.445 e. The molecular formula is C39H50N16O13. The molecule has 17 atom stereocenters. The molecule has 3 aliphatic heterocycles. The lowest BCUT2D eigenvalue weighted by Crippen LogP contribution is -2.61. The fourth-order valence-corrected chi connectivity index (χ4v) is 8.53. The van der Waals surface area contributed by atoms with Crippen LogP contribution in [0.25, 0.3) is 52.2 Å². The van der Waals surface area contributed by atoms with Crippen molar-refractivity contribution in [2.75, 3.05) is 26.8 Å². The molecule has 0 radical (unpaired) electrons. The van der Waals surface area contributed by atoms with E-state index in [1.54, 1.807) is 0 Å². The molecule has 6 rings (SSSR count). The van der Waals surface area contributed by atoms with Crippen molar-refractivity contribution in [2.45, 2.75) is 136 Å². The molecule has 4 aliphatic rings. The van der Waals surface area contributed by atoms with Gasteiger partial charge in [0.1, 0.15) is 43.2 Å². The normalized spacial score (nSPS) is 34.3. The van der Waals surface area contributed by atoms with E-state index in [0.29, 0.717) is 6.42 Å². The van der Waals surface area contributed by atoms with Crippen molar-refractivity contribution in [1.29, 1.82) is 0 Å². The van der Waals surface area contributed by atoms with Gasteiger partial charge in [0.2, 0.25) is 0 Å². The van der Waals surface area contributed by atoms with Crippen molar-refractivity contribution in [1.82, 2.24) is 4.90 Å². The third-order valence-electron chi connectivity index (χ3n) is 11.8. The smallest absolute Gasteiger partial charge is 0.410 e. The maximum atomic E-state index is 13.7. The number of ether oxygens (including phenoxy) is 8. The first kappa shape index (κ1) is 51.2. The van der Waals surface area contributed by atoms with Crippen LogP contribution in [-0.4, -0.2) is 162 Å². The molecule has 4 N–H and O–H groups in total. The summed E-state index contributed by atoms with van der Waals surface area (Å²) in [5.41, 5.74) is 48.6. The van der Waals surface area contributed by atoms with Gasteiger partial charge in [0.25, 0.3) is 0 Å². The molecule has 0 aromatic heterocycles. The highest BCUT2D eigenvalue weighted by atomic mass is 16.8. The molecule has 29 heteroatoms. The van der Waals surface area contributed by atoms with Crippen LogP contribution in [0.3, 0.4) is 0 Å². The van der Waals surface area contributed by atoms with Crippen molar-refractivity contribution < 1.29 is 63.1 Å². The maximum absolute atomic E-state index is 13.7. The van der Waals surface area contributed by atoms with Crippen LogP contribution in [0.15, 0.2) is 86.2 Å². The molecule has 1 amide bonds. The number of aliphatic hydroxyl groups excluding tert-OH is 4. The molecule has 3 heterocycles. The number of amides is 1. The molecule has 0 unspecified atom stereocenters. The Balaban J connectivity index is 1.27. The second kappa shape index (κ2) is 25.3. The van der Waals surface area contributed by atoms with Gasteiger partial charge in [-0.15, -0.1) is 0 Å². The van der Waals surface area contributed by atoms with Crippen LogP contribution in [0.2, 0.25) is 0 Å². The predicted octanol–water partition coefficient (Wildman–Crippen LogP) is 4.46. The molecule has 364 valence electrons. The minimum atomic E-state index is -1.83. The summed E-state index contributed by atoms with van der Waals surface area (Å²) >= 11 is 0. The second-order valence-electron chi connectivity index (χ2n) is 16.0. The lowest BCUT2D eigenvalue weighted by atomic mass is 9.84. The number of rotatable bonds is 20. The van der Waals surface area contributed by atoms with E-state index in [1.807, 2.05) is 60.7 Å². The van der Waals surface area contributed by atoms with Crippen LogP contribution in [0.1, 0.15) is 30.4 Å². The predicted molar refractivity (Wildman–Crippen MR) is 230 cm³/mol. The molecule has 68 heavy (non-hydrogen) atoms. The van der Waals surface area contributed by atoms with E-state index in [0.717, 1.165) is 11.1 Å². The zero-order chi connectivity index (χ0) is 48.6. The highest BCUT2D eigenvalue weighted by Gasteiger charge is 2.55. The molecule has 4 fully saturated rings. The van der Waals surface area contributed by atoms with E-state index < -0.39 is 123 Å². The summed E-state index contributed by atoms with van der Waals surface area (Å²) in [6, 6.07) is 13.5. The molecule has 1 saturated carbocycles. The van der Waals surface area contributed by atoms with E-state index in [-0.39, 0.29) is 32.5 Å². The SMILES string of the molecule is CO[C@@H]1[C@@H](O[C@@H]2O[C@H](CO)[C@@H](O[C@H]3O[C@@H](CN=[N+]=[N-])[C@@H](O)[C@H](O)[C@H]3N=[N+]=[N-])[C@H]2O)[C@H](O[C@H]2O[C@H](CN(Cc3ccccc3)C(=O)OCc3ccccc3)CC[C@H]2N=[N+]=[N-])[C@@H](N=[N+]=[N-])C[C@H]1N=[N+]=[N-]. The lowest BCUT2D eigenvalue weighted by Gasteiger charge is -2.46. The van der Waals surface area contributed by atoms with Crippen molar-refractivity contribution in [3.63, 3.8) is 0 Å². The lowest BCUT2D eigenvalue weighted by molar-refractivity contribution is -0.291. The molecule has 29 nitrogen and oxygen atoms in total. The van der Waals surface area contributed by atoms with Crippen LogP contribution in [0.5, 0.6) is 0 Å². The van der Waals surface area contributed by atoms with Gasteiger partial charge in [-0.1, -0.05) is 86.2 Å². The van der Waals surface area contributed by atoms with Gasteiger partial charge in [-0.2, -0.15) is 0 Å². The van der Waals surface area contributed by atoms with Crippen LogP contribution in [-0.2, 0) is 51.0 Å². The second-order valence-corrected chi connectivity index (χ2v) is 16.0. The first-order valence-corrected chi connectivity index (χ1v) is 21.4. The summed E-state index contributed by atoms with van der Waals surface area (Å²) in [4.78, 5) is 29.4. The zero-order valence-electron chi connectivity index (χ0n) is 36.4. The number of methoxy groups -OCH3 is 1. The van der Waals surface area contributed by atoms with Crippen molar-refractivity contribution in [3.8, 4) is 0 Å². The van der Waals surface area contributed by atoms with Gasteiger partial charge in [0.05, 0.1) is 68.3 Å². The fraction of sp³-hybridized carbons (Fsp3) is 0.667. The average Bonchev–Trinajstić information content (AvgIpc) is 3.64. The Hall–Kier alpha value is -6.18. The van der Waals surface area contributed by atoms with Gasteiger partial charge >= 0.3 is 6.09 Å². The Kier molecular flexibility index (Phi) is 19.0. The Morgan fingerprint density at radius 3 is 1.91 bits per heavy atom. The Labute approximate surface area is 386 Å².